The highest BCUT2D eigenvalue weighted by atomic mass is 16.2. The van der Waals surface area contributed by atoms with Crippen LogP contribution in [0.1, 0.15) is 57.2 Å². The summed E-state index contributed by atoms with van der Waals surface area (Å²) >= 11 is 0. The van der Waals surface area contributed by atoms with E-state index in [1.54, 1.807) is 0 Å². The summed E-state index contributed by atoms with van der Waals surface area (Å²) in [5, 5.41) is 6.78. The van der Waals surface area contributed by atoms with E-state index in [4.69, 9.17) is 0 Å². The van der Waals surface area contributed by atoms with Gasteiger partial charge in [0.25, 0.3) is 0 Å². The van der Waals surface area contributed by atoms with Crippen molar-refractivity contribution < 1.29 is 4.79 Å². The van der Waals surface area contributed by atoms with Gasteiger partial charge in [-0.15, -0.1) is 0 Å². The molecule has 0 aromatic heterocycles. The molecule has 3 rings (SSSR count). The number of hydrogen-bond donors (Lipinski definition) is 2. The van der Waals surface area contributed by atoms with Gasteiger partial charge in [-0.2, -0.15) is 0 Å². The van der Waals surface area contributed by atoms with Crippen molar-refractivity contribution in [3.05, 3.63) is 35.4 Å². The molecule has 1 saturated heterocycles. The highest BCUT2D eigenvalue weighted by molar-refractivity contribution is 5.83. The Hall–Kier alpha value is -1.35. The van der Waals surface area contributed by atoms with Crippen LogP contribution in [0.25, 0.3) is 0 Å². The third-order valence-corrected chi connectivity index (χ3v) is 5.63. The summed E-state index contributed by atoms with van der Waals surface area (Å²) in [4.78, 5) is 12.9. The van der Waals surface area contributed by atoms with E-state index in [1.807, 2.05) is 0 Å². The SMILES string of the molecule is Cc1cccc(C(NC(=O)C2CC23CCNCC3)C(C)(C)C)c1. The Morgan fingerprint density at radius 1 is 1.30 bits per heavy atom. The van der Waals surface area contributed by atoms with Gasteiger partial charge in [0.15, 0.2) is 0 Å². The first-order valence-corrected chi connectivity index (χ1v) is 8.89. The molecule has 1 aromatic rings. The largest absolute Gasteiger partial charge is 0.349 e. The molecule has 2 N–H and O–H groups in total. The van der Waals surface area contributed by atoms with E-state index >= 15 is 0 Å². The second-order valence-corrected chi connectivity index (χ2v) is 8.59. The molecule has 1 aliphatic heterocycles. The fourth-order valence-corrected chi connectivity index (χ4v) is 4.09. The Morgan fingerprint density at radius 2 is 2.00 bits per heavy atom. The van der Waals surface area contributed by atoms with E-state index < -0.39 is 0 Å². The molecule has 2 fully saturated rings. The number of carbonyl (C=O) groups excluding carboxylic acids is 1. The fourth-order valence-electron chi connectivity index (χ4n) is 4.09. The fraction of sp³-hybridized carbons (Fsp3) is 0.650. The molecule has 1 aromatic carbocycles. The van der Waals surface area contributed by atoms with Gasteiger partial charge in [-0.3, -0.25) is 4.79 Å². The van der Waals surface area contributed by atoms with Crippen molar-refractivity contribution in [2.75, 3.05) is 13.1 Å². The Bertz CT molecular complexity index is 582. The molecule has 1 spiro atoms. The number of nitrogens with one attached hydrogen (secondary N) is 2. The minimum atomic E-state index is -0.000370. The summed E-state index contributed by atoms with van der Waals surface area (Å²) in [6, 6.07) is 8.59. The van der Waals surface area contributed by atoms with E-state index in [-0.39, 0.29) is 23.3 Å². The van der Waals surface area contributed by atoms with Crippen LogP contribution in [-0.4, -0.2) is 19.0 Å². The van der Waals surface area contributed by atoms with Crippen LogP contribution in [0.4, 0.5) is 0 Å². The van der Waals surface area contributed by atoms with Crippen LogP contribution in [0.5, 0.6) is 0 Å². The second-order valence-electron chi connectivity index (χ2n) is 8.59. The van der Waals surface area contributed by atoms with Crippen LogP contribution in [0.2, 0.25) is 0 Å². The highest BCUT2D eigenvalue weighted by Gasteiger charge is 2.58. The summed E-state index contributed by atoms with van der Waals surface area (Å²) in [7, 11) is 0. The van der Waals surface area contributed by atoms with Gasteiger partial charge in [0, 0.05) is 5.92 Å². The van der Waals surface area contributed by atoms with Crippen LogP contribution in [0.15, 0.2) is 24.3 Å². The Kier molecular flexibility index (Phi) is 4.26. The standard InChI is InChI=1S/C20H30N2O/c1-14-6-5-7-15(12-14)17(19(2,3)4)22-18(23)16-13-20(16)8-10-21-11-9-20/h5-7,12,16-17,21H,8-11,13H2,1-4H3,(H,22,23). The van der Waals surface area contributed by atoms with Gasteiger partial charge in [-0.25, -0.2) is 0 Å². The van der Waals surface area contributed by atoms with Crippen LogP contribution in [0.3, 0.4) is 0 Å². The highest BCUT2D eigenvalue weighted by Crippen LogP contribution is 2.58. The van der Waals surface area contributed by atoms with Gasteiger partial charge in [0.2, 0.25) is 5.91 Å². The summed E-state index contributed by atoms with van der Waals surface area (Å²) in [6.45, 7) is 10.8. The first-order valence-electron chi connectivity index (χ1n) is 8.89. The van der Waals surface area contributed by atoms with Gasteiger partial charge < -0.3 is 10.6 Å². The zero-order chi connectivity index (χ0) is 16.7. The van der Waals surface area contributed by atoms with Crippen LogP contribution >= 0.6 is 0 Å². The number of rotatable bonds is 3. The lowest BCUT2D eigenvalue weighted by molar-refractivity contribution is -0.124. The second kappa shape index (κ2) is 5.94. The van der Waals surface area contributed by atoms with Crippen molar-refractivity contribution in [2.45, 2.75) is 53.0 Å². The lowest BCUT2D eigenvalue weighted by Gasteiger charge is -2.33. The molecule has 0 radical (unpaired) electrons. The number of aryl methyl sites for hydroxylation is 1. The van der Waals surface area contributed by atoms with E-state index in [0.29, 0.717) is 5.41 Å². The van der Waals surface area contributed by atoms with Crippen molar-refractivity contribution in [3.63, 3.8) is 0 Å². The molecule has 2 aliphatic rings. The maximum absolute atomic E-state index is 12.9. The molecule has 3 heteroatoms. The van der Waals surface area contributed by atoms with Crippen LogP contribution in [0, 0.1) is 23.7 Å². The molecule has 1 aliphatic carbocycles. The minimum absolute atomic E-state index is 0.000370. The number of piperidine rings is 1. The Labute approximate surface area is 140 Å². The Morgan fingerprint density at radius 3 is 2.61 bits per heavy atom. The molecule has 1 heterocycles. The van der Waals surface area contributed by atoms with Gasteiger partial charge in [0.05, 0.1) is 6.04 Å². The van der Waals surface area contributed by atoms with Crippen LogP contribution in [-0.2, 0) is 4.79 Å². The van der Waals surface area contributed by atoms with Crippen molar-refractivity contribution in [1.82, 2.24) is 10.6 Å². The molecule has 23 heavy (non-hydrogen) atoms. The average molecular weight is 314 g/mol. The monoisotopic (exact) mass is 314 g/mol. The van der Waals surface area contributed by atoms with Gasteiger partial charge in [-0.1, -0.05) is 50.6 Å². The van der Waals surface area contributed by atoms with Crippen molar-refractivity contribution in [3.8, 4) is 0 Å². The molecule has 2 atom stereocenters. The van der Waals surface area contributed by atoms with E-state index in [9.17, 15) is 4.79 Å². The normalized spacial score (nSPS) is 24.3. The van der Waals surface area contributed by atoms with Crippen molar-refractivity contribution in [1.29, 1.82) is 0 Å². The molecular formula is C20H30N2O. The predicted molar refractivity (Wildman–Crippen MR) is 94.2 cm³/mol. The first-order chi connectivity index (χ1) is 10.8. The molecule has 0 bridgehead atoms. The van der Waals surface area contributed by atoms with Gasteiger partial charge in [-0.05, 0) is 55.7 Å². The average Bonchev–Trinajstić information content (AvgIpc) is 3.17. The Balaban J connectivity index is 1.73. The molecule has 2 unspecified atom stereocenters. The zero-order valence-corrected chi connectivity index (χ0v) is 14.9. The van der Waals surface area contributed by atoms with E-state index in [0.717, 1.165) is 32.4 Å². The molecule has 1 saturated carbocycles. The molecule has 1 amide bonds. The van der Waals surface area contributed by atoms with E-state index in [2.05, 4.69) is 62.6 Å². The summed E-state index contributed by atoms with van der Waals surface area (Å²) < 4.78 is 0. The third-order valence-electron chi connectivity index (χ3n) is 5.63. The topological polar surface area (TPSA) is 41.1 Å². The first kappa shape index (κ1) is 16.5. The predicted octanol–water partition coefficient (Wildman–Crippen LogP) is 3.59. The third kappa shape index (κ3) is 3.45. The van der Waals surface area contributed by atoms with Gasteiger partial charge >= 0.3 is 0 Å². The number of amides is 1. The van der Waals surface area contributed by atoms with Crippen LogP contribution < -0.4 is 10.6 Å². The quantitative estimate of drug-likeness (QED) is 0.895. The molecule has 3 nitrogen and oxygen atoms in total. The molecule has 126 valence electrons. The number of benzene rings is 1. The zero-order valence-electron chi connectivity index (χ0n) is 14.9. The van der Waals surface area contributed by atoms with Crippen molar-refractivity contribution in [2.24, 2.45) is 16.7 Å². The smallest absolute Gasteiger partial charge is 0.224 e. The molecular weight excluding hydrogens is 284 g/mol. The number of hydrogen-bond acceptors (Lipinski definition) is 2. The maximum atomic E-state index is 12.9. The lowest BCUT2D eigenvalue weighted by Crippen LogP contribution is -2.39. The summed E-state index contributed by atoms with van der Waals surface area (Å²) in [6.07, 6.45) is 3.37. The maximum Gasteiger partial charge on any atom is 0.224 e. The van der Waals surface area contributed by atoms with Crippen molar-refractivity contribution >= 4 is 5.91 Å². The minimum Gasteiger partial charge on any atom is -0.349 e. The van der Waals surface area contributed by atoms with E-state index in [1.165, 1.54) is 11.1 Å². The summed E-state index contributed by atoms with van der Waals surface area (Å²) in [5.41, 5.74) is 2.75. The summed E-state index contributed by atoms with van der Waals surface area (Å²) in [5.74, 6) is 0.479. The number of carbonyl (C=O) groups is 1. The lowest BCUT2D eigenvalue weighted by atomic mass is 9.81. The van der Waals surface area contributed by atoms with Gasteiger partial charge in [0.1, 0.15) is 0 Å².